The molecule has 0 bridgehead atoms. The Hall–Kier alpha value is -1.25. The fourth-order valence-corrected chi connectivity index (χ4v) is 1.59. The number of rotatable bonds is 3. The van der Waals surface area contributed by atoms with Crippen molar-refractivity contribution in [2.75, 3.05) is 5.73 Å². The van der Waals surface area contributed by atoms with Gasteiger partial charge in [0.25, 0.3) is 5.56 Å². The van der Waals surface area contributed by atoms with Gasteiger partial charge in [-0.2, -0.15) is 0 Å². The maximum absolute atomic E-state index is 11.8. The molecule has 0 aromatic carbocycles. The number of nitrogens with zero attached hydrogens (tertiary/aromatic N) is 1. The van der Waals surface area contributed by atoms with Crippen molar-refractivity contribution in [2.45, 2.75) is 40.2 Å². The van der Waals surface area contributed by atoms with Crippen molar-refractivity contribution in [1.82, 2.24) is 4.57 Å². The fourth-order valence-electron chi connectivity index (χ4n) is 1.59. The van der Waals surface area contributed by atoms with Crippen LogP contribution < -0.4 is 11.3 Å². The van der Waals surface area contributed by atoms with Gasteiger partial charge in [0.2, 0.25) is 0 Å². The van der Waals surface area contributed by atoms with Crippen LogP contribution in [0, 0.1) is 12.8 Å². The predicted octanol–water partition coefficient (Wildman–Crippen LogP) is 2.35. The van der Waals surface area contributed by atoms with Crippen LogP contribution in [0.5, 0.6) is 0 Å². The Labute approximate surface area is 90.9 Å². The van der Waals surface area contributed by atoms with E-state index in [0.29, 0.717) is 11.6 Å². The second kappa shape index (κ2) is 4.51. The van der Waals surface area contributed by atoms with Gasteiger partial charge in [0, 0.05) is 18.3 Å². The molecule has 1 aromatic rings. The summed E-state index contributed by atoms with van der Waals surface area (Å²) in [5.74, 6) is 0.477. The van der Waals surface area contributed by atoms with E-state index in [0.717, 1.165) is 12.0 Å². The molecule has 84 valence electrons. The third-order valence-electron chi connectivity index (χ3n) is 3.23. The molecule has 0 aliphatic rings. The second-order valence-corrected chi connectivity index (χ2v) is 4.28. The molecule has 15 heavy (non-hydrogen) atoms. The molecule has 0 aliphatic heterocycles. The third-order valence-corrected chi connectivity index (χ3v) is 3.23. The van der Waals surface area contributed by atoms with Crippen LogP contribution in [0.2, 0.25) is 0 Å². The summed E-state index contributed by atoms with van der Waals surface area (Å²) in [6.07, 6.45) is 2.82. The van der Waals surface area contributed by atoms with Crippen LogP contribution in [0.25, 0.3) is 0 Å². The molecule has 3 heteroatoms. The number of hydrogen-bond acceptors (Lipinski definition) is 2. The van der Waals surface area contributed by atoms with E-state index in [1.54, 1.807) is 16.8 Å². The SMILES string of the molecule is CCC(C)C(C)n1cc(N)c(C)cc1=O. The van der Waals surface area contributed by atoms with Crippen molar-refractivity contribution in [3.05, 3.63) is 28.2 Å². The number of aromatic nitrogens is 1. The molecular formula is C12H20N2O. The summed E-state index contributed by atoms with van der Waals surface area (Å²) in [6, 6.07) is 1.80. The number of hydrogen-bond donors (Lipinski definition) is 1. The van der Waals surface area contributed by atoms with E-state index in [9.17, 15) is 4.79 Å². The van der Waals surface area contributed by atoms with Crippen LogP contribution in [-0.2, 0) is 0 Å². The van der Waals surface area contributed by atoms with Gasteiger partial charge in [-0.1, -0.05) is 20.3 Å². The molecule has 1 heterocycles. The largest absolute Gasteiger partial charge is 0.397 e. The average Bonchev–Trinajstić information content (AvgIpc) is 2.21. The van der Waals surface area contributed by atoms with Gasteiger partial charge in [-0.15, -0.1) is 0 Å². The second-order valence-electron chi connectivity index (χ2n) is 4.28. The number of nitrogens with two attached hydrogens (primary N) is 1. The number of pyridine rings is 1. The zero-order chi connectivity index (χ0) is 11.6. The van der Waals surface area contributed by atoms with E-state index < -0.39 is 0 Å². The highest BCUT2D eigenvalue weighted by Gasteiger charge is 2.13. The zero-order valence-electron chi connectivity index (χ0n) is 9.95. The van der Waals surface area contributed by atoms with Gasteiger partial charge < -0.3 is 10.3 Å². The van der Waals surface area contributed by atoms with Gasteiger partial charge in [-0.05, 0) is 25.3 Å². The summed E-state index contributed by atoms with van der Waals surface area (Å²) in [6.45, 7) is 8.19. The molecule has 0 spiro atoms. The van der Waals surface area contributed by atoms with Crippen LogP contribution >= 0.6 is 0 Å². The quantitative estimate of drug-likeness (QED) is 0.828. The van der Waals surface area contributed by atoms with Crippen molar-refractivity contribution < 1.29 is 0 Å². The van der Waals surface area contributed by atoms with E-state index in [4.69, 9.17) is 5.73 Å². The Kier molecular flexibility index (Phi) is 3.56. The lowest BCUT2D eigenvalue weighted by atomic mass is 10.0. The Morgan fingerprint density at radius 2 is 2.07 bits per heavy atom. The molecule has 2 N–H and O–H groups in total. The summed E-state index contributed by atoms with van der Waals surface area (Å²) >= 11 is 0. The Balaban J connectivity index is 3.15. The highest BCUT2D eigenvalue weighted by Crippen LogP contribution is 2.19. The van der Waals surface area contributed by atoms with Crippen molar-refractivity contribution >= 4 is 5.69 Å². The number of anilines is 1. The van der Waals surface area contributed by atoms with E-state index in [1.807, 2.05) is 6.92 Å². The third kappa shape index (κ3) is 2.41. The molecule has 1 aromatic heterocycles. The van der Waals surface area contributed by atoms with Crippen LogP contribution in [0.3, 0.4) is 0 Å². The van der Waals surface area contributed by atoms with Gasteiger partial charge in [-0.25, -0.2) is 0 Å². The standard InChI is InChI=1S/C12H20N2O/c1-5-8(2)10(4)14-7-11(13)9(3)6-12(14)15/h6-8,10H,5,13H2,1-4H3. The molecule has 0 fully saturated rings. The highest BCUT2D eigenvalue weighted by atomic mass is 16.1. The Bertz CT molecular complexity index is 395. The minimum atomic E-state index is 0.0366. The summed E-state index contributed by atoms with van der Waals surface area (Å²) < 4.78 is 1.73. The fraction of sp³-hybridized carbons (Fsp3) is 0.583. The lowest BCUT2D eigenvalue weighted by Gasteiger charge is -2.21. The molecule has 0 radical (unpaired) electrons. The first-order valence-corrected chi connectivity index (χ1v) is 5.45. The highest BCUT2D eigenvalue weighted by molar-refractivity contribution is 5.43. The van der Waals surface area contributed by atoms with Gasteiger partial charge in [0.1, 0.15) is 0 Å². The number of nitrogen functional groups attached to an aromatic ring is 1. The molecule has 0 saturated heterocycles. The number of aryl methyl sites for hydroxylation is 1. The monoisotopic (exact) mass is 208 g/mol. The van der Waals surface area contributed by atoms with Crippen LogP contribution in [0.1, 0.15) is 38.8 Å². The van der Waals surface area contributed by atoms with Gasteiger partial charge >= 0.3 is 0 Å². The first-order valence-electron chi connectivity index (χ1n) is 5.45. The van der Waals surface area contributed by atoms with Gasteiger partial charge in [0.05, 0.1) is 5.69 Å². The Morgan fingerprint density at radius 3 is 2.60 bits per heavy atom. The molecule has 3 nitrogen and oxygen atoms in total. The molecule has 1 rings (SSSR count). The topological polar surface area (TPSA) is 48.0 Å². The normalized spacial score (nSPS) is 14.9. The minimum absolute atomic E-state index is 0.0366. The molecule has 0 amide bonds. The van der Waals surface area contributed by atoms with Crippen LogP contribution in [-0.4, -0.2) is 4.57 Å². The minimum Gasteiger partial charge on any atom is -0.397 e. The zero-order valence-corrected chi connectivity index (χ0v) is 9.95. The lowest BCUT2D eigenvalue weighted by molar-refractivity contribution is 0.362. The van der Waals surface area contributed by atoms with E-state index in [-0.39, 0.29) is 11.6 Å². The first kappa shape index (κ1) is 11.8. The van der Waals surface area contributed by atoms with Crippen molar-refractivity contribution in [3.63, 3.8) is 0 Å². The lowest BCUT2D eigenvalue weighted by Crippen LogP contribution is -2.26. The summed E-state index contributed by atoms with van der Waals surface area (Å²) in [7, 11) is 0. The van der Waals surface area contributed by atoms with E-state index in [1.165, 1.54) is 0 Å². The average molecular weight is 208 g/mol. The van der Waals surface area contributed by atoms with Gasteiger partial charge in [-0.3, -0.25) is 4.79 Å². The van der Waals surface area contributed by atoms with Crippen molar-refractivity contribution in [3.8, 4) is 0 Å². The smallest absolute Gasteiger partial charge is 0.251 e. The maximum atomic E-state index is 11.8. The van der Waals surface area contributed by atoms with E-state index in [2.05, 4.69) is 20.8 Å². The molecular weight excluding hydrogens is 188 g/mol. The summed E-state index contributed by atoms with van der Waals surface area (Å²) in [5.41, 5.74) is 7.38. The van der Waals surface area contributed by atoms with E-state index >= 15 is 0 Å². The summed E-state index contributed by atoms with van der Waals surface area (Å²) in [4.78, 5) is 11.8. The molecule has 2 atom stereocenters. The van der Waals surface area contributed by atoms with Crippen molar-refractivity contribution in [1.29, 1.82) is 0 Å². The summed E-state index contributed by atoms with van der Waals surface area (Å²) in [5, 5.41) is 0. The maximum Gasteiger partial charge on any atom is 0.251 e. The molecule has 2 unspecified atom stereocenters. The molecule has 0 saturated carbocycles. The predicted molar refractivity (Wildman–Crippen MR) is 64.0 cm³/mol. The molecule has 0 aliphatic carbocycles. The van der Waals surface area contributed by atoms with Gasteiger partial charge in [0.15, 0.2) is 0 Å². The Morgan fingerprint density at radius 1 is 1.47 bits per heavy atom. The first-order chi connectivity index (χ1) is 6.97. The van der Waals surface area contributed by atoms with Crippen LogP contribution in [0.4, 0.5) is 5.69 Å². The van der Waals surface area contributed by atoms with Crippen molar-refractivity contribution in [2.24, 2.45) is 5.92 Å². The van der Waals surface area contributed by atoms with Crippen LogP contribution in [0.15, 0.2) is 17.1 Å².